The van der Waals surface area contributed by atoms with E-state index in [1.54, 1.807) is 5.57 Å². The fourth-order valence-corrected chi connectivity index (χ4v) is 2.33. The van der Waals surface area contributed by atoms with Crippen molar-refractivity contribution in [3.05, 3.63) is 11.6 Å². The molecular formula is C15H29N3S. The Balaban J connectivity index is 2.30. The van der Waals surface area contributed by atoms with Gasteiger partial charge in [0.25, 0.3) is 0 Å². The van der Waals surface area contributed by atoms with E-state index >= 15 is 0 Å². The molecule has 0 amide bonds. The fraction of sp³-hybridized carbons (Fsp3) is 0.800. The van der Waals surface area contributed by atoms with Crippen molar-refractivity contribution in [1.29, 1.82) is 0 Å². The summed E-state index contributed by atoms with van der Waals surface area (Å²) in [7, 11) is 0. The summed E-state index contributed by atoms with van der Waals surface area (Å²) >= 11 is 1.86. The van der Waals surface area contributed by atoms with Gasteiger partial charge in [0, 0.05) is 18.3 Å². The molecule has 1 rings (SSSR count). The van der Waals surface area contributed by atoms with Gasteiger partial charge >= 0.3 is 0 Å². The van der Waals surface area contributed by atoms with Crippen molar-refractivity contribution in [1.82, 2.24) is 10.6 Å². The highest BCUT2D eigenvalue weighted by Crippen LogP contribution is 2.19. The van der Waals surface area contributed by atoms with Crippen LogP contribution in [0.3, 0.4) is 0 Å². The molecule has 110 valence electrons. The van der Waals surface area contributed by atoms with Gasteiger partial charge in [-0.05, 0) is 45.3 Å². The maximum Gasteiger partial charge on any atom is 0.191 e. The Morgan fingerprint density at radius 2 is 2.26 bits per heavy atom. The van der Waals surface area contributed by atoms with Crippen molar-refractivity contribution in [2.45, 2.75) is 51.2 Å². The van der Waals surface area contributed by atoms with Crippen LogP contribution in [0.15, 0.2) is 16.6 Å². The first kappa shape index (κ1) is 16.4. The maximum absolute atomic E-state index is 4.62. The summed E-state index contributed by atoms with van der Waals surface area (Å²) in [6.07, 6.45) is 11.0. The molecule has 0 bridgehead atoms. The third kappa shape index (κ3) is 7.51. The van der Waals surface area contributed by atoms with Crippen LogP contribution in [-0.4, -0.2) is 37.1 Å². The van der Waals surface area contributed by atoms with Gasteiger partial charge in [-0.25, -0.2) is 0 Å². The molecule has 1 aliphatic carbocycles. The predicted octanol–water partition coefficient (Wildman–Crippen LogP) is 3.18. The normalized spacial score (nSPS) is 17.8. The SMILES string of the molecule is CCNC(=NCC(C)SC)NCCC1=CCCCC1. The molecule has 0 fully saturated rings. The summed E-state index contributed by atoms with van der Waals surface area (Å²) in [4.78, 5) is 4.62. The second-order valence-corrected chi connectivity index (χ2v) is 6.33. The summed E-state index contributed by atoms with van der Waals surface area (Å²) in [5.41, 5.74) is 1.62. The van der Waals surface area contributed by atoms with E-state index in [1.807, 2.05) is 11.8 Å². The van der Waals surface area contributed by atoms with Crippen LogP contribution in [0.2, 0.25) is 0 Å². The van der Waals surface area contributed by atoms with Gasteiger partial charge in [0.2, 0.25) is 0 Å². The van der Waals surface area contributed by atoms with Gasteiger partial charge in [-0.15, -0.1) is 0 Å². The number of allylic oxidation sites excluding steroid dienone is 1. The van der Waals surface area contributed by atoms with Crippen LogP contribution < -0.4 is 10.6 Å². The van der Waals surface area contributed by atoms with Gasteiger partial charge in [-0.2, -0.15) is 11.8 Å². The summed E-state index contributed by atoms with van der Waals surface area (Å²) in [5, 5.41) is 7.33. The van der Waals surface area contributed by atoms with Crippen LogP contribution >= 0.6 is 11.8 Å². The molecule has 3 nitrogen and oxygen atoms in total. The minimum absolute atomic E-state index is 0.580. The maximum atomic E-state index is 4.62. The molecule has 2 N–H and O–H groups in total. The van der Waals surface area contributed by atoms with E-state index < -0.39 is 0 Å². The smallest absolute Gasteiger partial charge is 0.191 e. The molecule has 0 aliphatic heterocycles. The number of guanidine groups is 1. The Kier molecular flexibility index (Phi) is 8.80. The van der Waals surface area contributed by atoms with E-state index in [0.717, 1.165) is 32.0 Å². The Morgan fingerprint density at radius 1 is 1.42 bits per heavy atom. The summed E-state index contributed by atoms with van der Waals surface area (Å²) in [6, 6.07) is 0. The highest BCUT2D eigenvalue weighted by molar-refractivity contribution is 7.99. The fourth-order valence-electron chi connectivity index (χ4n) is 2.11. The zero-order chi connectivity index (χ0) is 13.9. The van der Waals surface area contributed by atoms with Crippen molar-refractivity contribution in [3.63, 3.8) is 0 Å². The van der Waals surface area contributed by atoms with Gasteiger partial charge in [0.05, 0.1) is 6.54 Å². The molecule has 0 radical (unpaired) electrons. The monoisotopic (exact) mass is 283 g/mol. The number of nitrogens with zero attached hydrogens (tertiary/aromatic N) is 1. The molecule has 1 aliphatic rings. The van der Waals surface area contributed by atoms with Crippen LogP contribution in [0, 0.1) is 0 Å². The van der Waals surface area contributed by atoms with Gasteiger partial charge in [0.1, 0.15) is 0 Å². The van der Waals surface area contributed by atoms with E-state index in [1.165, 1.54) is 25.7 Å². The Hall–Kier alpha value is -0.640. The average Bonchev–Trinajstić information content (AvgIpc) is 2.45. The van der Waals surface area contributed by atoms with Crippen LogP contribution in [0.4, 0.5) is 0 Å². The molecule has 19 heavy (non-hydrogen) atoms. The quantitative estimate of drug-likeness (QED) is 0.428. The predicted molar refractivity (Wildman–Crippen MR) is 88.1 cm³/mol. The van der Waals surface area contributed by atoms with Gasteiger partial charge < -0.3 is 10.6 Å². The van der Waals surface area contributed by atoms with Crippen molar-refractivity contribution in [3.8, 4) is 0 Å². The standard InChI is InChI=1S/C15H29N3S/c1-4-16-15(18-12-13(2)19-3)17-11-10-14-8-6-5-7-9-14/h8,13H,4-7,9-12H2,1-3H3,(H2,16,17,18). The van der Waals surface area contributed by atoms with Crippen molar-refractivity contribution in [2.75, 3.05) is 25.9 Å². The minimum Gasteiger partial charge on any atom is -0.357 e. The van der Waals surface area contributed by atoms with E-state index in [9.17, 15) is 0 Å². The zero-order valence-electron chi connectivity index (χ0n) is 12.7. The molecule has 1 unspecified atom stereocenters. The highest BCUT2D eigenvalue weighted by Gasteiger charge is 2.04. The van der Waals surface area contributed by atoms with E-state index in [4.69, 9.17) is 0 Å². The second-order valence-electron chi connectivity index (χ2n) is 5.05. The van der Waals surface area contributed by atoms with Crippen LogP contribution in [0.1, 0.15) is 46.0 Å². The summed E-state index contributed by atoms with van der Waals surface area (Å²) in [5.74, 6) is 0.958. The number of rotatable bonds is 7. The van der Waals surface area contributed by atoms with Gasteiger partial charge in [-0.1, -0.05) is 18.6 Å². The third-order valence-electron chi connectivity index (χ3n) is 3.38. The van der Waals surface area contributed by atoms with Crippen molar-refractivity contribution in [2.24, 2.45) is 4.99 Å². The van der Waals surface area contributed by atoms with Gasteiger partial charge in [-0.3, -0.25) is 4.99 Å². The molecule has 0 saturated heterocycles. The lowest BCUT2D eigenvalue weighted by Crippen LogP contribution is -2.38. The largest absolute Gasteiger partial charge is 0.357 e. The number of aliphatic imine (C=N–C) groups is 1. The Morgan fingerprint density at radius 3 is 2.89 bits per heavy atom. The van der Waals surface area contributed by atoms with Crippen molar-refractivity contribution < 1.29 is 0 Å². The average molecular weight is 283 g/mol. The van der Waals surface area contributed by atoms with Crippen molar-refractivity contribution >= 4 is 17.7 Å². The lowest BCUT2D eigenvalue weighted by Gasteiger charge is -2.15. The number of hydrogen-bond donors (Lipinski definition) is 2. The second kappa shape index (κ2) is 10.2. The lowest BCUT2D eigenvalue weighted by molar-refractivity contribution is 0.665. The number of nitrogens with one attached hydrogen (secondary N) is 2. The first-order chi connectivity index (χ1) is 9.26. The Bertz CT molecular complexity index is 300. The van der Waals surface area contributed by atoms with E-state index in [0.29, 0.717) is 5.25 Å². The first-order valence-electron chi connectivity index (χ1n) is 7.49. The molecule has 0 spiro atoms. The molecule has 0 aromatic rings. The molecular weight excluding hydrogens is 254 g/mol. The van der Waals surface area contributed by atoms with E-state index in [2.05, 4.69) is 41.8 Å². The molecule has 1 atom stereocenters. The first-order valence-corrected chi connectivity index (χ1v) is 8.78. The molecule has 0 aromatic carbocycles. The van der Waals surface area contributed by atoms with Crippen LogP contribution in [0.5, 0.6) is 0 Å². The topological polar surface area (TPSA) is 36.4 Å². The molecule has 0 heterocycles. The third-order valence-corrected chi connectivity index (χ3v) is 4.33. The summed E-state index contributed by atoms with van der Waals surface area (Å²) < 4.78 is 0. The molecule has 0 saturated carbocycles. The molecule has 0 aromatic heterocycles. The lowest BCUT2D eigenvalue weighted by atomic mass is 9.97. The highest BCUT2D eigenvalue weighted by atomic mass is 32.2. The van der Waals surface area contributed by atoms with Gasteiger partial charge in [0.15, 0.2) is 5.96 Å². The summed E-state index contributed by atoms with van der Waals surface area (Å²) in [6.45, 7) is 7.11. The number of hydrogen-bond acceptors (Lipinski definition) is 2. The minimum atomic E-state index is 0.580. The number of thioether (sulfide) groups is 1. The van der Waals surface area contributed by atoms with Crippen LogP contribution in [0.25, 0.3) is 0 Å². The van der Waals surface area contributed by atoms with Crippen LogP contribution in [-0.2, 0) is 0 Å². The molecule has 4 heteroatoms. The zero-order valence-corrected chi connectivity index (χ0v) is 13.5. The van der Waals surface area contributed by atoms with E-state index in [-0.39, 0.29) is 0 Å². The Labute approximate surface area is 122 Å².